The lowest BCUT2D eigenvalue weighted by molar-refractivity contribution is 0.0492. The number of nitrogens with zero attached hydrogens (tertiary/aromatic N) is 1. The molecular weight excluding hydrogens is 272 g/mol. The van der Waals surface area contributed by atoms with Crippen molar-refractivity contribution in [2.75, 3.05) is 0 Å². The Labute approximate surface area is 122 Å². The van der Waals surface area contributed by atoms with Crippen LogP contribution in [0.5, 0.6) is 0 Å². The summed E-state index contributed by atoms with van der Waals surface area (Å²) in [6.45, 7) is 1.64. The lowest BCUT2D eigenvalue weighted by Crippen LogP contribution is -2.20. The van der Waals surface area contributed by atoms with E-state index >= 15 is 0 Å². The Balaban J connectivity index is 2.29. The molecule has 21 heavy (non-hydrogen) atoms. The predicted octanol–water partition coefficient (Wildman–Crippen LogP) is 4.14. The number of benzene rings is 2. The molecule has 0 bridgehead atoms. The van der Waals surface area contributed by atoms with Gasteiger partial charge in [0.25, 0.3) is 0 Å². The van der Waals surface area contributed by atoms with E-state index in [-0.39, 0.29) is 6.42 Å². The smallest absolute Gasteiger partial charge is 0.133 e. The molecule has 0 aliphatic rings. The van der Waals surface area contributed by atoms with Crippen LogP contribution in [0, 0.1) is 23.0 Å². The zero-order valence-corrected chi connectivity index (χ0v) is 11.6. The standard InChI is InChI=1S/C17H15F2NO/c1-17(21,9-2-10-20)13-5-3-12(4-6-13)15-8-7-14(18)11-16(15)19/h3-8,11,21H,2,9H2,1H3. The highest BCUT2D eigenvalue weighted by Gasteiger charge is 2.22. The summed E-state index contributed by atoms with van der Waals surface area (Å²) in [5, 5.41) is 18.9. The fourth-order valence-electron chi connectivity index (χ4n) is 2.18. The van der Waals surface area contributed by atoms with Crippen molar-refractivity contribution in [3.05, 3.63) is 59.7 Å². The van der Waals surface area contributed by atoms with Gasteiger partial charge in [-0.25, -0.2) is 8.78 Å². The van der Waals surface area contributed by atoms with E-state index in [1.807, 2.05) is 6.07 Å². The first-order valence-electron chi connectivity index (χ1n) is 6.59. The molecule has 4 heteroatoms. The van der Waals surface area contributed by atoms with E-state index in [2.05, 4.69) is 0 Å². The van der Waals surface area contributed by atoms with Crippen LogP contribution >= 0.6 is 0 Å². The number of halogens is 2. The van der Waals surface area contributed by atoms with Gasteiger partial charge in [-0.2, -0.15) is 5.26 Å². The van der Waals surface area contributed by atoms with Gasteiger partial charge in [-0.3, -0.25) is 0 Å². The number of hydrogen-bond acceptors (Lipinski definition) is 2. The van der Waals surface area contributed by atoms with E-state index in [1.165, 1.54) is 12.1 Å². The molecule has 0 aliphatic heterocycles. The summed E-state index contributed by atoms with van der Waals surface area (Å²) in [4.78, 5) is 0. The minimum Gasteiger partial charge on any atom is -0.385 e. The van der Waals surface area contributed by atoms with Crippen molar-refractivity contribution < 1.29 is 13.9 Å². The minimum absolute atomic E-state index is 0.251. The molecule has 0 spiro atoms. The summed E-state index contributed by atoms with van der Waals surface area (Å²) in [5.74, 6) is -1.24. The minimum atomic E-state index is -1.10. The molecule has 0 saturated heterocycles. The molecule has 2 nitrogen and oxygen atoms in total. The fraction of sp³-hybridized carbons (Fsp3) is 0.235. The van der Waals surface area contributed by atoms with Crippen LogP contribution in [0.1, 0.15) is 25.3 Å². The Morgan fingerprint density at radius 3 is 2.38 bits per heavy atom. The largest absolute Gasteiger partial charge is 0.385 e. The Kier molecular flexibility index (Phi) is 4.35. The third-order valence-corrected chi connectivity index (χ3v) is 3.47. The second-order valence-electron chi connectivity index (χ2n) is 5.13. The SMILES string of the molecule is CC(O)(CCC#N)c1ccc(-c2ccc(F)cc2F)cc1. The monoisotopic (exact) mass is 287 g/mol. The Hall–Kier alpha value is -2.25. The van der Waals surface area contributed by atoms with Crippen LogP contribution in [0.25, 0.3) is 11.1 Å². The van der Waals surface area contributed by atoms with Crippen molar-refractivity contribution in [1.29, 1.82) is 5.26 Å². The Morgan fingerprint density at radius 1 is 1.14 bits per heavy atom. The summed E-state index contributed by atoms with van der Waals surface area (Å²) in [7, 11) is 0. The van der Waals surface area contributed by atoms with Crippen LogP contribution in [-0.2, 0) is 5.60 Å². The maximum atomic E-state index is 13.7. The number of aliphatic hydroxyl groups is 1. The van der Waals surface area contributed by atoms with Gasteiger partial charge in [0, 0.05) is 18.1 Å². The van der Waals surface area contributed by atoms with E-state index in [9.17, 15) is 13.9 Å². The molecule has 1 unspecified atom stereocenters. The van der Waals surface area contributed by atoms with E-state index in [0.717, 1.165) is 6.07 Å². The summed E-state index contributed by atoms with van der Waals surface area (Å²) < 4.78 is 26.6. The van der Waals surface area contributed by atoms with Crippen molar-refractivity contribution in [3.8, 4) is 17.2 Å². The summed E-state index contributed by atoms with van der Waals surface area (Å²) >= 11 is 0. The molecule has 0 saturated carbocycles. The third kappa shape index (κ3) is 3.45. The van der Waals surface area contributed by atoms with Gasteiger partial charge in [0.1, 0.15) is 11.6 Å². The van der Waals surface area contributed by atoms with Crippen LogP contribution < -0.4 is 0 Å². The Bertz CT molecular complexity index is 672. The number of rotatable bonds is 4. The third-order valence-electron chi connectivity index (χ3n) is 3.47. The van der Waals surface area contributed by atoms with Crippen LogP contribution in [0.15, 0.2) is 42.5 Å². The van der Waals surface area contributed by atoms with Crippen LogP contribution in [0.4, 0.5) is 8.78 Å². The van der Waals surface area contributed by atoms with Gasteiger partial charge >= 0.3 is 0 Å². The van der Waals surface area contributed by atoms with Crippen LogP contribution in [0.2, 0.25) is 0 Å². The molecule has 0 radical (unpaired) electrons. The van der Waals surface area contributed by atoms with Crippen molar-refractivity contribution in [2.45, 2.75) is 25.4 Å². The molecule has 0 aliphatic carbocycles. The van der Waals surface area contributed by atoms with E-state index < -0.39 is 17.2 Å². The fourth-order valence-corrected chi connectivity index (χ4v) is 2.18. The molecule has 1 N–H and O–H groups in total. The molecule has 0 heterocycles. The Morgan fingerprint density at radius 2 is 1.81 bits per heavy atom. The summed E-state index contributed by atoms with van der Waals surface area (Å²) in [6, 6.07) is 12.2. The predicted molar refractivity (Wildman–Crippen MR) is 76.2 cm³/mol. The highest BCUT2D eigenvalue weighted by Crippen LogP contribution is 2.29. The topological polar surface area (TPSA) is 44.0 Å². The maximum absolute atomic E-state index is 13.7. The molecule has 1 atom stereocenters. The van der Waals surface area contributed by atoms with Gasteiger partial charge in [0.15, 0.2) is 0 Å². The second-order valence-corrected chi connectivity index (χ2v) is 5.13. The number of hydrogen-bond donors (Lipinski definition) is 1. The van der Waals surface area contributed by atoms with Gasteiger partial charge < -0.3 is 5.11 Å². The molecule has 108 valence electrons. The average molecular weight is 287 g/mol. The molecular formula is C17H15F2NO. The van der Waals surface area contributed by atoms with Gasteiger partial charge in [-0.15, -0.1) is 0 Å². The van der Waals surface area contributed by atoms with Crippen molar-refractivity contribution in [3.63, 3.8) is 0 Å². The molecule has 2 rings (SSSR count). The van der Waals surface area contributed by atoms with E-state index in [4.69, 9.17) is 5.26 Å². The van der Waals surface area contributed by atoms with Gasteiger partial charge in [-0.1, -0.05) is 24.3 Å². The zero-order chi connectivity index (χ0) is 15.5. The van der Waals surface area contributed by atoms with Crippen molar-refractivity contribution in [1.82, 2.24) is 0 Å². The normalized spacial score (nSPS) is 13.5. The van der Waals surface area contributed by atoms with E-state index in [1.54, 1.807) is 31.2 Å². The molecule has 0 fully saturated rings. The van der Waals surface area contributed by atoms with Crippen molar-refractivity contribution in [2.24, 2.45) is 0 Å². The average Bonchev–Trinajstić information content (AvgIpc) is 2.45. The van der Waals surface area contributed by atoms with Crippen molar-refractivity contribution >= 4 is 0 Å². The quantitative estimate of drug-likeness (QED) is 0.918. The van der Waals surface area contributed by atoms with E-state index in [0.29, 0.717) is 23.1 Å². The number of nitriles is 1. The second kappa shape index (κ2) is 6.02. The lowest BCUT2D eigenvalue weighted by atomic mass is 9.90. The first kappa shape index (κ1) is 15.1. The zero-order valence-electron chi connectivity index (χ0n) is 11.6. The van der Waals surface area contributed by atoms with Gasteiger partial charge in [0.2, 0.25) is 0 Å². The molecule has 2 aromatic carbocycles. The van der Waals surface area contributed by atoms with Gasteiger partial charge in [-0.05, 0) is 36.6 Å². The summed E-state index contributed by atoms with van der Waals surface area (Å²) in [5.41, 5.74) is 0.464. The molecule has 2 aromatic rings. The lowest BCUT2D eigenvalue weighted by Gasteiger charge is -2.22. The summed E-state index contributed by atoms with van der Waals surface area (Å²) in [6.07, 6.45) is 0.578. The first-order chi connectivity index (χ1) is 9.94. The highest BCUT2D eigenvalue weighted by molar-refractivity contribution is 5.64. The molecule has 0 amide bonds. The van der Waals surface area contributed by atoms with Crippen LogP contribution in [-0.4, -0.2) is 5.11 Å². The maximum Gasteiger partial charge on any atom is 0.133 e. The van der Waals surface area contributed by atoms with Gasteiger partial charge in [0.05, 0.1) is 11.7 Å². The highest BCUT2D eigenvalue weighted by atomic mass is 19.1. The molecule has 0 aromatic heterocycles. The van der Waals surface area contributed by atoms with Crippen LogP contribution in [0.3, 0.4) is 0 Å². The first-order valence-corrected chi connectivity index (χ1v) is 6.59.